The maximum absolute atomic E-state index is 12.7. The third-order valence-corrected chi connectivity index (χ3v) is 5.81. The molecule has 0 aliphatic heterocycles. The zero-order valence-corrected chi connectivity index (χ0v) is 19.2. The van der Waals surface area contributed by atoms with Crippen LogP contribution in [-0.2, 0) is 20.8 Å². The van der Waals surface area contributed by atoms with Gasteiger partial charge in [0.25, 0.3) is 0 Å². The van der Waals surface area contributed by atoms with Crippen LogP contribution in [0.4, 0.5) is 0 Å². The van der Waals surface area contributed by atoms with Gasteiger partial charge < -0.3 is 29.4 Å². The van der Waals surface area contributed by atoms with E-state index in [0.29, 0.717) is 22.3 Å². The van der Waals surface area contributed by atoms with Gasteiger partial charge in [-0.1, -0.05) is 30.3 Å². The molecule has 35 heavy (non-hydrogen) atoms. The Morgan fingerprint density at radius 1 is 0.886 bits per heavy atom. The molecule has 2 amide bonds. The Balaban J connectivity index is 1.58. The monoisotopic (exact) mass is 475 g/mol. The van der Waals surface area contributed by atoms with E-state index in [1.54, 1.807) is 13.0 Å². The maximum Gasteiger partial charge on any atom is 0.339 e. The lowest BCUT2D eigenvalue weighted by Gasteiger charge is -2.09. The van der Waals surface area contributed by atoms with Crippen molar-refractivity contribution >= 4 is 39.7 Å². The zero-order valence-electron chi connectivity index (χ0n) is 19.2. The highest BCUT2D eigenvalue weighted by Crippen LogP contribution is 2.37. The number of hydrogen-bond donors (Lipinski definition) is 2. The first-order chi connectivity index (χ1) is 16.7. The van der Waals surface area contributed by atoms with Crippen molar-refractivity contribution in [1.29, 1.82) is 0 Å². The quantitative estimate of drug-likeness (QED) is 0.370. The van der Waals surface area contributed by atoms with Crippen LogP contribution < -0.4 is 21.4 Å². The Kier molecular flexibility index (Phi) is 6.68. The molecule has 0 saturated heterocycles. The van der Waals surface area contributed by atoms with E-state index in [4.69, 9.17) is 8.83 Å². The van der Waals surface area contributed by atoms with Crippen molar-refractivity contribution in [3.8, 4) is 11.1 Å². The van der Waals surface area contributed by atoms with E-state index in [2.05, 4.69) is 10.6 Å². The minimum Gasteiger partial charge on any atom is -0.548 e. The molecule has 2 aromatic heterocycles. The molecule has 4 rings (SSSR count). The molecule has 4 aromatic rings. The van der Waals surface area contributed by atoms with Crippen LogP contribution in [-0.4, -0.2) is 30.9 Å². The second-order valence-electron chi connectivity index (χ2n) is 8.16. The minimum absolute atomic E-state index is 0.0484. The van der Waals surface area contributed by atoms with Crippen molar-refractivity contribution in [2.75, 3.05) is 13.1 Å². The van der Waals surface area contributed by atoms with Gasteiger partial charge >= 0.3 is 5.63 Å². The van der Waals surface area contributed by atoms with Crippen molar-refractivity contribution in [1.82, 2.24) is 10.6 Å². The SMILES string of the molecule is Cc1oc2cc3oc(=O)c(CCC(=O)NCC(=O)NCC(=O)[O-])c(C)c3cc2c1-c1ccccc1. The molecule has 0 atom stereocenters. The highest BCUT2D eigenvalue weighted by Gasteiger charge is 2.18. The summed E-state index contributed by atoms with van der Waals surface area (Å²) in [7, 11) is 0. The van der Waals surface area contributed by atoms with Gasteiger partial charge in [-0.2, -0.15) is 0 Å². The lowest BCUT2D eigenvalue weighted by molar-refractivity contribution is -0.304. The lowest BCUT2D eigenvalue weighted by atomic mass is 9.98. The number of nitrogens with one attached hydrogen (secondary N) is 2. The highest BCUT2D eigenvalue weighted by atomic mass is 16.4. The molecule has 0 saturated carbocycles. The summed E-state index contributed by atoms with van der Waals surface area (Å²) in [5, 5.41) is 16.5. The number of hydrogen-bond acceptors (Lipinski definition) is 7. The second kappa shape index (κ2) is 9.84. The number of aryl methyl sites for hydroxylation is 2. The number of amides is 2. The molecule has 2 aromatic carbocycles. The van der Waals surface area contributed by atoms with Gasteiger partial charge in [0.05, 0.1) is 19.1 Å². The molecular weight excluding hydrogens is 452 g/mol. The minimum atomic E-state index is -1.43. The predicted molar refractivity (Wildman–Crippen MR) is 127 cm³/mol. The first kappa shape index (κ1) is 23.7. The average molecular weight is 475 g/mol. The zero-order chi connectivity index (χ0) is 25.1. The van der Waals surface area contributed by atoms with E-state index < -0.39 is 30.0 Å². The molecule has 2 heterocycles. The predicted octanol–water partition coefficient (Wildman–Crippen LogP) is 1.74. The fraction of sp³-hybridized carbons (Fsp3) is 0.231. The summed E-state index contributed by atoms with van der Waals surface area (Å²) in [5.74, 6) is -1.79. The number of carboxylic acids is 1. The molecule has 9 nitrogen and oxygen atoms in total. The van der Waals surface area contributed by atoms with Gasteiger partial charge in [-0.3, -0.25) is 9.59 Å². The molecule has 0 unspecified atom stereocenters. The van der Waals surface area contributed by atoms with Crippen molar-refractivity contribution in [3.05, 3.63) is 69.8 Å². The van der Waals surface area contributed by atoms with Crippen LogP contribution in [0.15, 0.2) is 56.1 Å². The van der Waals surface area contributed by atoms with E-state index in [9.17, 15) is 24.3 Å². The lowest BCUT2D eigenvalue weighted by Crippen LogP contribution is -2.42. The number of carboxylic acid groups (broad SMARTS) is 1. The standard InChI is InChI=1S/C26H24N2O7/c1-14-17(8-9-22(29)27-12-23(30)28-13-24(31)32)26(33)35-20-11-21-19(10-18(14)20)25(15(2)34-21)16-6-4-3-5-7-16/h3-7,10-11H,8-9,12-13H2,1-2H3,(H,27,29)(H,28,30)(H,31,32)/p-1. The number of rotatable bonds is 8. The fourth-order valence-corrected chi connectivity index (χ4v) is 4.09. The van der Waals surface area contributed by atoms with Gasteiger partial charge in [0, 0.05) is 34.4 Å². The van der Waals surface area contributed by atoms with E-state index in [1.807, 2.05) is 43.3 Å². The smallest absolute Gasteiger partial charge is 0.339 e. The summed E-state index contributed by atoms with van der Waals surface area (Å²) in [6.07, 6.45) is 0.0673. The third kappa shape index (κ3) is 5.08. The molecule has 9 heteroatoms. The van der Waals surface area contributed by atoms with Crippen LogP contribution in [0.1, 0.15) is 23.3 Å². The largest absolute Gasteiger partial charge is 0.548 e. The van der Waals surface area contributed by atoms with Gasteiger partial charge in [0.2, 0.25) is 11.8 Å². The van der Waals surface area contributed by atoms with E-state index >= 15 is 0 Å². The van der Waals surface area contributed by atoms with Crippen molar-refractivity contribution < 1.29 is 28.3 Å². The third-order valence-electron chi connectivity index (χ3n) is 5.81. The summed E-state index contributed by atoms with van der Waals surface area (Å²) in [6.45, 7) is 2.68. The van der Waals surface area contributed by atoms with Crippen LogP contribution in [0.5, 0.6) is 0 Å². The highest BCUT2D eigenvalue weighted by molar-refractivity contribution is 6.03. The number of fused-ring (bicyclic) bond motifs is 2. The van der Waals surface area contributed by atoms with Crippen LogP contribution in [0.3, 0.4) is 0 Å². The first-order valence-corrected chi connectivity index (χ1v) is 11.0. The van der Waals surface area contributed by atoms with Gasteiger partial charge in [0.1, 0.15) is 16.9 Å². The topological polar surface area (TPSA) is 142 Å². The van der Waals surface area contributed by atoms with Crippen LogP contribution >= 0.6 is 0 Å². The number of aliphatic carboxylic acids is 1. The molecule has 0 radical (unpaired) electrons. The first-order valence-electron chi connectivity index (χ1n) is 11.0. The molecule has 0 aliphatic carbocycles. The van der Waals surface area contributed by atoms with Crippen molar-refractivity contribution in [3.63, 3.8) is 0 Å². The van der Waals surface area contributed by atoms with E-state index in [0.717, 1.165) is 27.7 Å². The van der Waals surface area contributed by atoms with E-state index in [1.165, 1.54) is 0 Å². The Labute approximate surface area is 199 Å². The Morgan fingerprint density at radius 3 is 2.29 bits per heavy atom. The van der Waals surface area contributed by atoms with Crippen LogP contribution in [0.25, 0.3) is 33.1 Å². The molecule has 0 aliphatic rings. The normalized spacial score (nSPS) is 11.0. The molecular formula is C26H23N2O7-. The average Bonchev–Trinajstić information content (AvgIpc) is 3.15. The summed E-state index contributed by atoms with van der Waals surface area (Å²) in [6, 6.07) is 13.5. The van der Waals surface area contributed by atoms with Crippen LogP contribution in [0, 0.1) is 13.8 Å². The molecule has 2 N–H and O–H groups in total. The van der Waals surface area contributed by atoms with Crippen molar-refractivity contribution in [2.24, 2.45) is 0 Å². The maximum atomic E-state index is 12.7. The molecule has 0 fully saturated rings. The molecule has 0 spiro atoms. The summed E-state index contributed by atoms with van der Waals surface area (Å²) in [4.78, 5) is 46.7. The van der Waals surface area contributed by atoms with Gasteiger partial charge in [-0.25, -0.2) is 4.79 Å². The van der Waals surface area contributed by atoms with Gasteiger partial charge in [-0.05, 0) is 37.5 Å². The van der Waals surface area contributed by atoms with Gasteiger partial charge in [0.15, 0.2) is 0 Å². The summed E-state index contributed by atoms with van der Waals surface area (Å²) in [5.41, 5.74) is 3.52. The summed E-state index contributed by atoms with van der Waals surface area (Å²) >= 11 is 0. The van der Waals surface area contributed by atoms with Crippen molar-refractivity contribution in [2.45, 2.75) is 26.7 Å². The van der Waals surface area contributed by atoms with E-state index in [-0.39, 0.29) is 19.4 Å². The number of carbonyl (C=O) groups is 3. The Morgan fingerprint density at radius 2 is 1.57 bits per heavy atom. The Bertz CT molecular complexity index is 1500. The van der Waals surface area contributed by atoms with Gasteiger partial charge in [-0.15, -0.1) is 0 Å². The fourth-order valence-electron chi connectivity index (χ4n) is 4.09. The number of benzene rings is 2. The molecule has 180 valence electrons. The Hall–Kier alpha value is -4.40. The molecule has 0 bridgehead atoms. The second-order valence-corrected chi connectivity index (χ2v) is 8.16. The number of furan rings is 1. The number of carbonyl (C=O) groups excluding carboxylic acids is 3. The van der Waals surface area contributed by atoms with Crippen LogP contribution in [0.2, 0.25) is 0 Å². The summed E-state index contributed by atoms with van der Waals surface area (Å²) < 4.78 is 11.5.